The standard InChI is InChI=1S/C17H28N2O2/c1-5-17(6-2)13-19(11-7-10-18-17)15-12-14(20-3)8-9-16(15)21-4/h8-9,12,18H,5-7,10-11,13H2,1-4H3. The lowest BCUT2D eigenvalue weighted by Crippen LogP contribution is -2.50. The van der Waals surface area contributed by atoms with E-state index in [1.54, 1.807) is 14.2 Å². The van der Waals surface area contributed by atoms with E-state index in [1.165, 1.54) is 0 Å². The number of nitrogens with one attached hydrogen (secondary N) is 1. The lowest BCUT2D eigenvalue weighted by Gasteiger charge is -2.36. The predicted molar refractivity (Wildman–Crippen MR) is 87.7 cm³/mol. The maximum atomic E-state index is 5.56. The molecule has 0 saturated carbocycles. The molecule has 1 N–H and O–H groups in total. The summed E-state index contributed by atoms with van der Waals surface area (Å²) in [5.41, 5.74) is 1.32. The number of benzene rings is 1. The van der Waals surface area contributed by atoms with E-state index in [4.69, 9.17) is 9.47 Å². The number of anilines is 1. The van der Waals surface area contributed by atoms with Crippen molar-refractivity contribution in [2.45, 2.75) is 38.6 Å². The molecule has 1 fully saturated rings. The molecule has 1 aromatic carbocycles. The van der Waals surface area contributed by atoms with E-state index in [2.05, 4.69) is 30.1 Å². The Bertz CT molecular complexity index is 458. The molecular formula is C17H28N2O2. The minimum absolute atomic E-state index is 0.185. The highest BCUT2D eigenvalue weighted by Crippen LogP contribution is 2.34. The zero-order valence-corrected chi connectivity index (χ0v) is 13.7. The van der Waals surface area contributed by atoms with Crippen molar-refractivity contribution in [2.75, 3.05) is 38.8 Å². The normalized spacial score (nSPS) is 18.2. The number of methoxy groups -OCH3 is 2. The third kappa shape index (κ3) is 3.43. The highest BCUT2D eigenvalue weighted by atomic mass is 16.5. The highest BCUT2D eigenvalue weighted by Gasteiger charge is 2.31. The first-order valence-corrected chi connectivity index (χ1v) is 7.90. The Balaban J connectivity index is 2.34. The van der Waals surface area contributed by atoms with Crippen LogP contribution in [0.2, 0.25) is 0 Å². The van der Waals surface area contributed by atoms with Gasteiger partial charge in [0.05, 0.1) is 19.9 Å². The predicted octanol–water partition coefficient (Wildman–Crippen LogP) is 3.06. The number of hydrogen-bond acceptors (Lipinski definition) is 4. The molecule has 0 aromatic heterocycles. The third-order valence-corrected chi connectivity index (χ3v) is 4.68. The van der Waals surface area contributed by atoms with Gasteiger partial charge in [-0.15, -0.1) is 0 Å². The molecule has 0 unspecified atom stereocenters. The van der Waals surface area contributed by atoms with Crippen LogP contribution in [0.5, 0.6) is 11.5 Å². The fraction of sp³-hybridized carbons (Fsp3) is 0.647. The molecule has 21 heavy (non-hydrogen) atoms. The van der Waals surface area contributed by atoms with E-state index in [0.717, 1.165) is 56.1 Å². The lowest BCUT2D eigenvalue weighted by atomic mass is 9.92. The number of ether oxygens (including phenoxy) is 2. The van der Waals surface area contributed by atoms with Crippen LogP contribution in [0, 0.1) is 0 Å². The van der Waals surface area contributed by atoms with Crippen LogP contribution in [0.1, 0.15) is 33.1 Å². The van der Waals surface area contributed by atoms with E-state index in [1.807, 2.05) is 12.1 Å². The summed E-state index contributed by atoms with van der Waals surface area (Å²) in [6, 6.07) is 6.03. The van der Waals surface area contributed by atoms with E-state index < -0.39 is 0 Å². The van der Waals surface area contributed by atoms with Crippen molar-refractivity contribution in [3.63, 3.8) is 0 Å². The van der Waals surface area contributed by atoms with E-state index in [0.29, 0.717) is 0 Å². The van der Waals surface area contributed by atoms with Crippen LogP contribution in [0.3, 0.4) is 0 Å². The van der Waals surface area contributed by atoms with Gasteiger partial charge in [-0.25, -0.2) is 0 Å². The zero-order valence-electron chi connectivity index (χ0n) is 13.7. The summed E-state index contributed by atoms with van der Waals surface area (Å²) in [7, 11) is 3.44. The third-order valence-electron chi connectivity index (χ3n) is 4.68. The number of rotatable bonds is 5. The molecule has 1 aliphatic heterocycles. The van der Waals surface area contributed by atoms with Gasteiger partial charge in [0.2, 0.25) is 0 Å². The Hall–Kier alpha value is -1.42. The molecule has 1 aliphatic rings. The molecule has 4 nitrogen and oxygen atoms in total. The van der Waals surface area contributed by atoms with Crippen LogP contribution in [0.4, 0.5) is 5.69 Å². The van der Waals surface area contributed by atoms with Crippen LogP contribution >= 0.6 is 0 Å². The molecule has 0 radical (unpaired) electrons. The summed E-state index contributed by atoms with van der Waals surface area (Å²) in [4.78, 5) is 2.44. The summed E-state index contributed by atoms with van der Waals surface area (Å²) < 4.78 is 10.9. The van der Waals surface area contributed by atoms with E-state index >= 15 is 0 Å². The van der Waals surface area contributed by atoms with Crippen molar-refractivity contribution in [1.82, 2.24) is 5.32 Å². The average Bonchev–Trinajstić information content (AvgIpc) is 2.77. The molecule has 4 heteroatoms. The molecule has 0 atom stereocenters. The van der Waals surface area contributed by atoms with Gasteiger partial charge in [-0.3, -0.25) is 0 Å². The smallest absolute Gasteiger partial charge is 0.142 e. The second-order valence-electron chi connectivity index (χ2n) is 5.73. The molecule has 0 spiro atoms. The van der Waals surface area contributed by atoms with Gasteiger partial charge in [-0.05, 0) is 37.9 Å². The number of nitrogens with zero attached hydrogens (tertiary/aromatic N) is 1. The van der Waals surface area contributed by atoms with Gasteiger partial charge in [0, 0.05) is 24.7 Å². The molecule has 0 amide bonds. The second-order valence-corrected chi connectivity index (χ2v) is 5.73. The Morgan fingerprint density at radius 1 is 1.19 bits per heavy atom. The lowest BCUT2D eigenvalue weighted by molar-refractivity contribution is 0.320. The van der Waals surface area contributed by atoms with E-state index in [-0.39, 0.29) is 5.54 Å². The monoisotopic (exact) mass is 292 g/mol. The summed E-state index contributed by atoms with van der Waals surface area (Å²) in [6.07, 6.45) is 3.40. The Morgan fingerprint density at radius 3 is 2.57 bits per heavy atom. The Labute approximate surface area is 128 Å². The van der Waals surface area contributed by atoms with Crippen molar-refractivity contribution in [3.8, 4) is 11.5 Å². The van der Waals surface area contributed by atoms with Gasteiger partial charge < -0.3 is 19.7 Å². The average molecular weight is 292 g/mol. The van der Waals surface area contributed by atoms with Crippen molar-refractivity contribution >= 4 is 5.69 Å². The molecule has 1 saturated heterocycles. The zero-order chi connectivity index (χ0) is 15.3. The van der Waals surface area contributed by atoms with Crippen LogP contribution in [0.25, 0.3) is 0 Å². The van der Waals surface area contributed by atoms with E-state index in [9.17, 15) is 0 Å². The summed E-state index contributed by atoms with van der Waals surface area (Å²) >= 11 is 0. The van der Waals surface area contributed by atoms with Gasteiger partial charge >= 0.3 is 0 Å². The maximum Gasteiger partial charge on any atom is 0.142 e. The molecule has 118 valence electrons. The number of hydrogen-bond donors (Lipinski definition) is 1. The molecule has 1 heterocycles. The summed E-state index contributed by atoms with van der Waals surface area (Å²) in [5, 5.41) is 3.75. The van der Waals surface area contributed by atoms with Crippen LogP contribution in [-0.2, 0) is 0 Å². The molecular weight excluding hydrogens is 264 g/mol. The molecule has 0 aliphatic carbocycles. The van der Waals surface area contributed by atoms with Crippen LogP contribution < -0.4 is 19.7 Å². The maximum absolute atomic E-state index is 5.56. The first kappa shape index (κ1) is 16.0. The first-order chi connectivity index (χ1) is 10.2. The van der Waals surface area contributed by atoms with Crippen LogP contribution in [-0.4, -0.2) is 39.4 Å². The Morgan fingerprint density at radius 2 is 1.95 bits per heavy atom. The molecule has 0 bridgehead atoms. The van der Waals surface area contributed by atoms with Gasteiger partial charge in [-0.1, -0.05) is 13.8 Å². The Kier molecular flexibility index (Phi) is 5.34. The minimum atomic E-state index is 0.185. The first-order valence-electron chi connectivity index (χ1n) is 7.90. The van der Waals surface area contributed by atoms with Crippen molar-refractivity contribution in [3.05, 3.63) is 18.2 Å². The molecule has 1 aromatic rings. The largest absolute Gasteiger partial charge is 0.497 e. The highest BCUT2D eigenvalue weighted by molar-refractivity contribution is 5.62. The van der Waals surface area contributed by atoms with Crippen molar-refractivity contribution in [1.29, 1.82) is 0 Å². The van der Waals surface area contributed by atoms with Gasteiger partial charge in [-0.2, -0.15) is 0 Å². The van der Waals surface area contributed by atoms with Gasteiger partial charge in [0.15, 0.2) is 0 Å². The summed E-state index contributed by atoms with van der Waals surface area (Å²) in [6.45, 7) is 7.65. The summed E-state index contributed by atoms with van der Waals surface area (Å²) in [5.74, 6) is 1.79. The fourth-order valence-corrected chi connectivity index (χ4v) is 3.10. The topological polar surface area (TPSA) is 33.7 Å². The van der Waals surface area contributed by atoms with Gasteiger partial charge in [0.1, 0.15) is 11.5 Å². The van der Waals surface area contributed by atoms with Crippen molar-refractivity contribution < 1.29 is 9.47 Å². The fourth-order valence-electron chi connectivity index (χ4n) is 3.10. The molecule has 2 rings (SSSR count). The quantitative estimate of drug-likeness (QED) is 0.904. The second kappa shape index (κ2) is 7.03. The minimum Gasteiger partial charge on any atom is -0.497 e. The van der Waals surface area contributed by atoms with Crippen molar-refractivity contribution in [2.24, 2.45) is 0 Å². The van der Waals surface area contributed by atoms with Crippen LogP contribution in [0.15, 0.2) is 18.2 Å². The SMILES string of the molecule is CCC1(CC)CN(c2cc(OC)ccc2OC)CCCN1. The van der Waals surface area contributed by atoms with Gasteiger partial charge in [0.25, 0.3) is 0 Å².